The van der Waals surface area contributed by atoms with E-state index in [0.717, 1.165) is 11.1 Å². The fraction of sp³-hybridized carbons (Fsp3) is 0.200. The summed E-state index contributed by atoms with van der Waals surface area (Å²) in [5, 5.41) is 5.46. The second-order valence-corrected chi connectivity index (χ2v) is 5.61. The Hall–Kier alpha value is -3.15. The summed E-state index contributed by atoms with van der Waals surface area (Å²) in [5.41, 5.74) is 2.31. The topological polar surface area (TPSA) is 67.4 Å². The van der Waals surface area contributed by atoms with Gasteiger partial charge in [0.1, 0.15) is 0 Å². The number of hydrogen-bond acceptors (Lipinski definition) is 3. The third-order valence-corrected chi connectivity index (χ3v) is 3.81. The van der Waals surface area contributed by atoms with E-state index in [1.165, 1.54) is 25.3 Å². The van der Waals surface area contributed by atoms with Gasteiger partial charge in [-0.2, -0.15) is 0 Å². The van der Waals surface area contributed by atoms with Gasteiger partial charge in [-0.25, -0.2) is 4.39 Å². The van der Waals surface area contributed by atoms with Gasteiger partial charge in [-0.15, -0.1) is 0 Å². The largest absolute Gasteiger partial charge is 0.494 e. The molecule has 0 unspecified atom stereocenters. The first-order valence-corrected chi connectivity index (χ1v) is 8.09. The molecule has 0 aromatic heterocycles. The summed E-state index contributed by atoms with van der Waals surface area (Å²) >= 11 is 0. The summed E-state index contributed by atoms with van der Waals surface area (Å²) in [6.45, 7) is 3.94. The monoisotopic (exact) mass is 356 g/mol. The molecule has 2 aromatic rings. The van der Waals surface area contributed by atoms with Gasteiger partial charge in [-0.1, -0.05) is 36.9 Å². The molecule has 0 spiro atoms. The Bertz CT molecular complexity index is 805. The van der Waals surface area contributed by atoms with Gasteiger partial charge >= 0.3 is 0 Å². The normalized spacial score (nSPS) is 10.1. The number of amides is 2. The van der Waals surface area contributed by atoms with E-state index in [4.69, 9.17) is 4.74 Å². The van der Waals surface area contributed by atoms with Gasteiger partial charge in [0, 0.05) is 13.1 Å². The zero-order chi connectivity index (χ0) is 18.9. The van der Waals surface area contributed by atoms with Crippen molar-refractivity contribution in [3.8, 4) is 5.75 Å². The molecule has 5 nitrogen and oxygen atoms in total. The molecule has 2 aromatic carbocycles. The highest BCUT2D eigenvalue weighted by molar-refractivity contribution is 5.86. The quantitative estimate of drug-likeness (QED) is 0.714. The van der Waals surface area contributed by atoms with Gasteiger partial charge in [0.25, 0.3) is 0 Å². The van der Waals surface area contributed by atoms with Crippen LogP contribution in [0, 0.1) is 5.82 Å². The Balaban J connectivity index is 1.94. The highest BCUT2D eigenvalue weighted by Gasteiger charge is 2.09. The SMILES string of the molecule is C=CC(=O)NCc1ccccc1CC(=O)NCc1ccc(OC)c(F)c1. The van der Waals surface area contributed by atoms with Gasteiger partial charge in [0.05, 0.1) is 13.5 Å². The van der Waals surface area contributed by atoms with Crippen molar-refractivity contribution < 1.29 is 18.7 Å². The van der Waals surface area contributed by atoms with Crippen molar-refractivity contribution in [2.24, 2.45) is 0 Å². The minimum atomic E-state index is -0.470. The number of ether oxygens (including phenoxy) is 1. The second kappa shape index (κ2) is 9.36. The van der Waals surface area contributed by atoms with Crippen molar-refractivity contribution in [3.05, 3.63) is 77.6 Å². The highest BCUT2D eigenvalue weighted by atomic mass is 19.1. The third kappa shape index (κ3) is 5.44. The average Bonchev–Trinajstić information content (AvgIpc) is 2.65. The molecule has 0 saturated carbocycles. The second-order valence-electron chi connectivity index (χ2n) is 5.61. The Labute approximate surface area is 151 Å². The Morgan fingerprint density at radius 1 is 1.12 bits per heavy atom. The van der Waals surface area contributed by atoms with Crippen molar-refractivity contribution in [2.75, 3.05) is 7.11 Å². The van der Waals surface area contributed by atoms with Crippen molar-refractivity contribution in [3.63, 3.8) is 0 Å². The molecule has 0 aliphatic heterocycles. The molecule has 136 valence electrons. The Morgan fingerprint density at radius 3 is 2.50 bits per heavy atom. The van der Waals surface area contributed by atoms with Crippen molar-refractivity contribution in [2.45, 2.75) is 19.5 Å². The lowest BCUT2D eigenvalue weighted by Gasteiger charge is -2.11. The first-order valence-electron chi connectivity index (χ1n) is 8.09. The average molecular weight is 356 g/mol. The number of carbonyl (C=O) groups excluding carboxylic acids is 2. The maximum atomic E-state index is 13.7. The van der Waals surface area contributed by atoms with Crippen LogP contribution >= 0.6 is 0 Å². The Kier molecular flexibility index (Phi) is 6.91. The molecule has 0 fully saturated rings. The van der Waals surface area contributed by atoms with E-state index in [1.54, 1.807) is 6.07 Å². The van der Waals surface area contributed by atoms with E-state index in [-0.39, 0.29) is 30.5 Å². The predicted octanol–water partition coefficient (Wildman–Crippen LogP) is 2.50. The van der Waals surface area contributed by atoms with Crippen LogP contribution in [0.25, 0.3) is 0 Å². The molecule has 0 bridgehead atoms. The van der Waals surface area contributed by atoms with Crippen molar-refractivity contribution >= 4 is 11.8 Å². The molecule has 2 rings (SSSR count). The van der Waals surface area contributed by atoms with Crippen LogP contribution in [0.1, 0.15) is 16.7 Å². The maximum Gasteiger partial charge on any atom is 0.243 e. The molecular formula is C20H21FN2O3. The summed E-state index contributed by atoms with van der Waals surface area (Å²) in [7, 11) is 1.40. The zero-order valence-electron chi connectivity index (χ0n) is 14.5. The lowest BCUT2D eigenvalue weighted by Crippen LogP contribution is -2.26. The molecular weight excluding hydrogens is 335 g/mol. The summed E-state index contributed by atoms with van der Waals surface area (Å²) in [6.07, 6.45) is 1.36. The number of nitrogens with one attached hydrogen (secondary N) is 2. The van der Waals surface area contributed by atoms with Crippen LogP contribution in [-0.4, -0.2) is 18.9 Å². The van der Waals surface area contributed by atoms with Crippen molar-refractivity contribution in [1.82, 2.24) is 10.6 Å². The van der Waals surface area contributed by atoms with E-state index >= 15 is 0 Å². The molecule has 26 heavy (non-hydrogen) atoms. The van der Waals surface area contributed by atoms with Gasteiger partial charge in [-0.3, -0.25) is 9.59 Å². The molecule has 0 aliphatic rings. The number of carbonyl (C=O) groups is 2. The lowest BCUT2D eigenvalue weighted by molar-refractivity contribution is -0.120. The van der Waals surface area contributed by atoms with E-state index in [9.17, 15) is 14.0 Å². The van der Waals surface area contributed by atoms with Crippen LogP contribution in [0.4, 0.5) is 4.39 Å². The lowest BCUT2D eigenvalue weighted by atomic mass is 10.0. The van der Waals surface area contributed by atoms with Crippen LogP contribution in [0.2, 0.25) is 0 Å². The number of benzene rings is 2. The van der Waals surface area contributed by atoms with Crippen LogP contribution in [0.5, 0.6) is 5.75 Å². The first-order chi connectivity index (χ1) is 12.5. The number of methoxy groups -OCH3 is 1. The van der Waals surface area contributed by atoms with Crippen LogP contribution in [0.3, 0.4) is 0 Å². The first kappa shape index (κ1) is 19.2. The van der Waals surface area contributed by atoms with Gasteiger partial charge < -0.3 is 15.4 Å². The van der Waals surface area contributed by atoms with Gasteiger partial charge in [-0.05, 0) is 34.9 Å². The summed E-state index contributed by atoms with van der Waals surface area (Å²) < 4.78 is 18.5. The zero-order valence-corrected chi connectivity index (χ0v) is 14.5. The summed E-state index contributed by atoms with van der Waals surface area (Å²) in [5.74, 6) is -0.771. The fourth-order valence-electron chi connectivity index (χ4n) is 2.41. The molecule has 0 saturated heterocycles. The maximum absolute atomic E-state index is 13.7. The summed E-state index contributed by atoms with van der Waals surface area (Å²) in [4.78, 5) is 23.5. The van der Waals surface area contributed by atoms with Gasteiger partial charge in [0.2, 0.25) is 11.8 Å². The smallest absolute Gasteiger partial charge is 0.243 e. The molecule has 2 N–H and O–H groups in total. The Morgan fingerprint density at radius 2 is 1.85 bits per heavy atom. The third-order valence-electron chi connectivity index (χ3n) is 3.81. The van der Waals surface area contributed by atoms with E-state index in [0.29, 0.717) is 12.1 Å². The van der Waals surface area contributed by atoms with Crippen LogP contribution in [0.15, 0.2) is 55.1 Å². The van der Waals surface area contributed by atoms with E-state index < -0.39 is 5.82 Å². The fourth-order valence-corrected chi connectivity index (χ4v) is 2.41. The molecule has 2 amide bonds. The molecule has 0 radical (unpaired) electrons. The molecule has 0 aliphatic carbocycles. The number of halogens is 1. The van der Waals surface area contributed by atoms with Crippen molar-refractivity contribution in [1.29, 1.82) is 0 Å². The molecule has 0 atom stereocenters. The molecule has 0 heterocycles. The van der Waals surface area contributed by atoms with E-state index in [1.807, 2.05) is 24.3 Å². The molecule has 6 heteroatoms. The van der Waals surface area contributed by atoms with E-state index in [2.05, 4.69) is 17.2 Å². The minimum Gasteiger partial charge on any atom is -0.494 e. The highest BCUT2D eigenvalue weighted by Crippen LogP contribution is 2.17. The summed E-state index contributed by atoms with van der Waals surface area (Å²) in [6, 6.07) is 11.9. The number of rotatable bonds is 8. The minimum absolute atomic E-state index is 0.163. The van der Waals surface area contributed by atoms with Crippen LogP contribution < -0.4 is 15.4 Å². The number of hydrogen-bond donors (Lipinski definition) is 2. The standard InChI is InChI=1S/C20H21FN2O3/c1-3-19(24)23-13-16-7-5-4-6-15(16)11-20(25)22-12-14-8-9-18(26-2)17(21)10-14/h3-10H,1,11-13H2,2H3,(H,22,25)(H,23,24). The predicted molar refractivity (Wildman–Crippen MR) is 97.0 cm³/mol. The van der Waals surface area contributed by atoms with Crippen LogP contribution in [-0.2, 0) is 29.1 Å². The van der Waals surface area contributed by atoms with Gasteiger partial charge in [0.15, 0.2) is 11.6 Å².